The lowest BCUT2D eigenvalue weighted by Gasteiger charge is -2.30. The smallest absolute Gasteiger partial charge is 0.231 e. The van der Waals surface area contributed by atoms with Gasteiger partial charge in [-0.25, -0.2) is 0 Å². The second-order valence-electron chi connectivity index (χ2n) is 8.54. The molecule has 1 saturated carbocycles. The second kappa shape index (κ2) is 8.48. The lowest BCUT2D eigenvalue weighted by molar-refractivity contribution is -0.117. The number of hydrogen-bond acceptors (Lipinski definition) is 7. The summed E-state index contributed by atoms with van der Waals surface area (Å²) >= 11 is 0. The van der Waals surface area contributed by atoms with E-state index in [1.54, 1.807) is 20.3 Å². The van der Waals surface area contributed by atoms with Crippen molar-refractivity contribution in [1.82, 2.24) is 0 Å². The van der Waals surface area contributed by atoms with E-state index in [0.29, 0.717) is 46.3 Å². The molecule has 2 aromatic rings. The molecule has 3 aliphatic rings. The minimum atomic E-state index is -0.565. The number of fused-ring (bicyclic) bond motifs is 2. The standard InChI is InChI=1S/C27H25NO6/c1-14-24(15(2)29)25(19-7-6-18(31-3)12-22(19)32-4)26-20(28-14)11-17(27(26)30)9-16-5-8-21-23(10-16)34-13-33-21/h5-10,12,25-26H,11,13H2,1-4H3/b17-9+. The number of Topliss-reactive ketones (excluding diaryl/α,β-unsaturated/α-hetero) is 2. The summed E-state index contributed by atoms with van der Waals surface area (Å²) < 4.78 is 21.8. The van der Waals surface area contributed by atoms with Crippen LogP contribution in [0.15, 0.2) is 58.2 Å². The number of allylic oxidation sites excluding steroid dienone is 3. The Morgan fingerprint density at radius 3 is 2.59 bits per heavy atom. The summed E-state index contributed by atoms with van der Waals surface area (Å²) in [4.78, 5) is 31.2. The molecule has 2 heterocycles. The zero-order chi connectivity index (χ0) is 24.0. The van der Waals surface area contributed by atoms with Crippen molar-refractivity contribution >= 4 is 23.4 Å². The van der Waals surface area contributed by atoms with Gasteiger partial charge in [-0.1, -0.05) is 12.1 Å². The second-order valence-corrected chi connectivity index (χ2v) is 8.54. The topological polar surface area (TPSA) is 83.4 Å². The average Bonchev–Trinajstić information content (AvgIpc) is 3.41. The Hall–Kier alpha value is -3.87. The molecule has 0 aromatic heterocycles. The van der Waals surface area contributed by atoms with Crippen LogP contribution in [0.2, 0.25) is 0 Å². The maximum atomic E-state index is 13.8. The molecule has 0 bridgehead atoms. The summed E-state index contributed by atoms with van der Waals surface area (Å²) in [7, 11) is 3.15. The van der Waals surface area contributed by atoms with Gasteiger partial charge in [-0.15, -0.1) is 0 Å². The van der Waals surface area contributed by atoms with Gasteiger partial charge in [0.15, 0.2) is 23.1 Å². The summed E-state index contributed by atoms with van der Waals surface area (Å²) in [6.07, 6.45) is 2.30. The number of aliphatic imine (C=N–C) groups is 1. The van der Waals surface area contributed by atoms with E-state index < -0.39 is 11.8 Å². The molecular formula is C27H25NO6. The minimum Gasteiger partial charge on any atom is -0.497 e. The van der Waals surface area contributed by atoms with Crippen LogP contribution in [0.5, 0.6) is 23.0 Å². The highest BCUT2D eigenvalue weighted by molar-refractivity contribution is 6.24. The van der Waals surface area contributed by atoms with Crippen molar-refractivity contribution in [2.45, 2.75) is 26.2 Å². The first kappa shape index (κ1) is 21.9. The first-order chi connectivity index (χ1) is 16.4. The molecular weight excluding hydrogens is 434 g/mol. The molecule has 2 aromatic carbocycles. The van der Waals surface area contributed by atoms with Crippen LogP contribution in [0.4, 0.5) is 0 Å². The molecule has 174 valence electrons. The molecule has 2 atom stereocenters. The minimum absolute atomic E-state index is 0.0365. The maximum Gasteiger partial charge on any atom is 0.231 e. The molecule has 0 amide bonds. The van der Waals surface area contributed by atoms with E-state index in [9.17, 15) is 9.59 Å². The lowest BCUT2D eigenvalue weighted by atomic mass is 9.74. The van der Waals surface area contributed by atoms with E-state index in [0.717, 1.165) is 16.8 Å². The average molecular weight is 459 g/mol. The van der Waals surface area contributed by atoms with Crippen molar-refractivity contribution in [2.75, 3.05) is 21.0 Å². The third-order valence-electron chi connectivity index (χ3n) is 6.57. The van der Waals surface area contributed by atoms with Gasteiger partial charge in [0, 0.05) is 46.5 Å². The van der Waals surface area contributed by atoms with Crippen molar-refractivity contribution in [3.05, 3.63) is 64.4 Å². The van der Waals surface area contributed by atoms with E-state index in [2.05, 4.69) is 0 Å². The number of methoxy groups -OCH3 is 2. The number of nitrogens with zero attached hydrogens (tertiary/aromatic N) is 1. The number of hydrogen-bond donors (Lipinski definition) is 0. The fraction of sp³-hybridized carbons (Fsp3) is 0.296. The first-order valence-corrected chi connectivity index (χ1v) is 11.1. The van der Waals surface area contributed by atoms with Crippen molar-refractivity contribution in [3.8, 4) is 23.0 Å². The Morgan fingerprint density at radius 1 is 1.06 bits per heavy atom. The van der Waals surface area contributed by atoms with Crippen LogP contribution < -0.4 is 18.9 Å². The highest BCUT2D eigenvalue weighted by Gasteiger charge is 2.47. The van der Waals surface area contributed by atoms with E-state index in [1.807, 2.05) is 43.3 Å². The first-order valence-electron chi connectivity index (χ1n) is 11.1. The van der Waals surface area contributed by atoms with Crippen LogP contribution in [-0.4, -0.2) is 38.3 Å². The van der Waals surface area contributed by atoms with Crippen LogP contribution in [0.1, 0.15) is 37.3 Å². The normalized spacial score (nSPS) is 22.1. The molecule has 1 fully saturated rings. The van der Waals surface area contributed by atoms with Crippen molar-refractivity contribution in [2.24, 2.45) is 10.9 Å². The zero-order valence-electron chi connectivity index (χ0n) is 19.5. The Bertz CT molecular complexity index is 1300. The summed E-state index contributed by atoms with van der Waals surface area (Å²) in [5.41, 5.74) is 4.21. The molecule has 5 rings (SSSR count). The van der Waals surface area contributed by atoms with Gasteiger partial charge in [0.2, 0.25) is 6.79 Å². The van der Waals surface area contributed by atoms with Gasteiger partial charge in [-0.3, -0.25) is 14.6 Å². The molecule has 0 saturated heterocycles. The predicted molar refractivity (Wildman–Crippen MR) is 127 cm³/mol. The number of benzene rings is 2. The van der Waals surface area contributed by atoms with Crippen LogP contribution >= 0.6 is 0 Å². The molecule has 1 aliphatic carbocycles. The Morgan fingerprint density at radius 2 is 1.85 bits per heavy atom. The van der Waals surface area contributed by atoms with Crippen LogP contribution in [0, 0.1) is 5.92 Å². The molecule has 2 unspecified atom stereocenters. The number of ketones is 2. The van der Waals surface area contributed by atoms with Gasteiger partial charge in [-0.05, 0) is 43.7 Å². The largest absolute Gasteiger partial charge is 0.497 e. The highest BCUT2D eigenvalue weighted by Crippen LogP contribution is 2.48. The summed E-state index contributed by atoms with van der Waals surface area (Å²) in [6, 6.07) is 11.1. The molecule has 34 heavy (non-hydrogen) atoms. The van der Waals surface area contributed by atoms with Gasteiger partial charge in [0.25, 0.3) is 0 Å². The lowest BCUT2D eigenvalue weighted by Crippen LogP contribution is -2.31. The Kier molecular flexibility index (Phi) is 5.48. The predicted octanol–water partition coefficient (Wildman–Crippen LogP) is 4.51. The quantitative estimate of drug-likeness (QED) is 0.612. The van der Waals surface area contributed by atoms with Gasteiger partial charge in [0.1, 0.15) is 11.5 Å². The van der Waals surface area contributed by atoms with E-state index in [4.69, 9.17) is 23.9 Å². The third kappa shape index (κ3) is 3.57. The summed E-state index contributed by atoms with van der Waals surface area (Å²) in [5, 5.41) is 0. The molecule has 0 radical (unpaired) electrons. The monoisotopic (exact) mass is 459 g/mol. The molecule has 0 N–H and O–H groups in total. The fourth-order valence-corrected chi connectivity index (χ4v) is 5.07. The summed E-state index contributed by atoms with van der Waals surface area (Å²) in [5.74, 6) is 1.36. The van der Waals surface area contributed by atoms with Crippen molar-refractivity contribution in [3.63, 3.8) is 0 Å². The highest BCUT2D eigenvalue weighted by atomic mass is 16.7. The number of rotatable bonds is 5. The third-order valence-corrected chi connectivity index (χ3v) is 6.57. The zero-order valence-corrected chi connectivity index (χ0v) is 19.5. The molecule has 7 nitrogen and oxygen atoms in total. The van der Waals surface area contributed by atoms with Gasteiger partial charge < -0.3 is 18.9 Å². The summed E-state index contributed by atoms with van der Waals surface area (Å²) in [6.45, 7) is 3.54. The van der Waals surface area contributed by atoms with Crippen molar-refractivity contribution < 1.29 is 28.5 Å². The fourth-order valence-electron chi connectivity index (χ4n) is 5.07. The number of carbonyl (C=O) groups excluding carboxylic acids is 2. The van der Waals surface area contributed by atoms with Crippen LogP contribution in [0.25, 0.3) is 6.08 Å². The van der Waals surface area contributed by atoms with Gasteiger partial charge in [-0.2, -0.15) is 0 Å². The maximum absolute atomic E-state index is 13.8. The van der Waals surface area contributed by atoms with Gasteiger partial charge in [0.05, 0.1) is 20.1 Å². The van der Waals surface area contributed by atoms with Gasteiger partial charge >= 0.3 is 0 Å². The molecule has 7 heteroatoms. The van der Waals surface area contributed by atoms with E-state index in [-0.39, 0.29) is 18.4 Å². The van der Waals surface area contributed by atoms with E-state index >= 15 is 0 Å². The number of carbonyl (C=O) groups is 2. The van der Waals surface area contributed by atoms with Crippen LogP contribution in [0.3, 0.4) is 0 Å². The number of ether oxygens (including phenoxy) is 4. The molecule has 2 aliphatic heterocycles. The van der Waals surface area contributed by atoms with E-state index in [1.165, 1.54) is 6.92 Å². The Labute approximate surface area is 197 Å². The Balaban J connectivity index is 1.59. The van der Waals surface area contributed by atoms with Crippen molar-refractivity contribution in [1.29, 1.82) is 0 Å². The molecule has 0 spiro atoms. The van der Waals surface area contributed by atoms with Crippen LogP contribution in [-0.2, 0) is 9.59 Å². The SMILES string of the molecule is COc1ccc(C2C(C(C)=O)=C(C)N=C3C/C(=C\c4ccc5c(c4)OCO5)C(=O)C32)c(OC)c1.